The predicted molar refractivity (Wildman–Crippen MR) is 139 cm³/mol. The molecular weight excluding hydrogens is 462 g/mol. The molecule has 0 aliphatic heterocycles. The Morgan fingerprint density at radius 2 is 1.66 bits per heavy atom. The van der Waals surface area contributed by atoms with Crippen molar-refractivity contribution in [3.05, 3.63) is 108 Å². The van der Waals surface area contributed by atoms with Crippen LogP contribution in [0.3, 0.4) is 0 Å². The highest BCUT2D eigenvalue weighted by Gasteiger charge is 2.11. The molecule has 0 bridgehead atoms. The molecule has 0 aliphatic rings. The fraction of sp³-hybridized carbons (Fsp3) is 0.250. The summed E-state index contributed by atoms with van der Waals surface area (Å²) >= 11 is 0. The number of aliphatic hydroxyl groups excluding tert-OH is 1. The minimum Gasteiger partial charge on any atom is -0.497 e. The average molecular weight is 494 g/mol. The molecule has 2 atom stereocenters. The fourth-order valence-electron chi connectivity index (χ4n) is 3.11. The van der Waals surface area contributed by atoms with Gasteiger partial charge in [-0.05, 0) is 42.3 Å². The smallest absolute Gasteiger partial charge is 0.440 e. The third-order valence-electron chi connectivity index (χ3n) is 5.01. The van der Waals surface area contributed by atoms with Crippen LogP contribution in [0.2, 0.25) is 0 Å². The first-order chi connectivity index (χ1) is 17.0. The first kappa shape index (κ1) is 26.3. The summed E-state index contributed by atoms with van der Waals surface area (Å²) < 4.78 is 20.4. The first-order valence-electron chi connectivity index (χ1n) is 11.3. The normalized spacial score (nSPS) is 13.0. The number of carbonyl (C=O) groups excluding carboxylic acids is 1. The minimum absolute atomic E-state index is 0.155. The molecule has 35 heavy (non-hydrogen) atoms. The van der Waals surface area contributed by atoms with Gasteiger partial charge in [0.05, 0.1) is 26.4 Å². The first-order valence-corrected chi connectivity index (χ1v) is 12.6. The second kappa shape index (κ2) is 14.2. The number of rotatable bonds is 11. The van der Waals surface area contributed by atoms with E-state index in [-0.39, 0.29) is 12.4 Å². The Bertz CT molecular complexity index is 1110. The average Bonchev–Trinajstić information content (AvgIpc) is 2.88. The van der Waals surface area contributed by atoms with Gasteiger partial charge in [-0.15, -0.1) is 4.36 Å². The summed E-state index contributed by atoms with van der Waals surface area (Å²) in [5.74, 6) is 1.08. The molecule has 3 aromatic rings. The van der Waals surface area contributed by atoms with Crippen LogP contribution in [-0.4, -0.2) is 36.8 Å². The molecule has 3 rings (SSSR count). The highest BCUT2D eigenvalue weighted by atomic mass is 32.2. The van der Waals surface area contributed by atoms with E-state index in [0.717, 1.165) is 27.3 Å². The van der Waals surface area contributed by atoms with Gasteiger partial charge >= 0.3 is 6.09 Å². The summed E-state index contributed by atoms with van der Waals surface area (Å²) in [6.45, 7) is 2.97. The summed E-state index contributed by atoms with van der Waals surface area (Å²) in [7, 11) is 0.774. The number of hydrogen-bond donors (Lipinski definition) is 1. The number of nitrogens with zero attached hydrogens (tertiary/aromatic N) is 1. The lowest BCUT2D eigenvalue weighted by Gasteiger charge is -2.12. The van der Waals surface area contributed by atoms with Crippen molar-refractivity contribution in [2.75, 3.05) is 19.5 Å². The zero-order valence-corrected chi connectivity index (χ0v) is 20.8. The molecule has 0 unspecified atom stereocenters. The summed E-state index contributed by atoms with van der Waals surface area (Å²) in [4.78, 5) is 13.3. The molecule has 6 nitrogen and oxygen atoms in total. The number of ether oxygens (including phenoxy) is 3. The highest BCUT2D eigenvalue weighted by molar-refractivity contribution is 7.87. The van der Waals surface area contributed by atoms with Gasteiger partial charge in [0.1, 0.15) is 12.4 Å². The lowest BCUT2D eigenvalue weighted by atomic mass is 10.2. The summed E-state index contributed by atoms with van der Waals surface area (Å²) in [5.41, 5.74) is 3.04. The van der Waals surface area contributed by atoms with Crippen molar-refractivity contribution in [1.82, 2.24) is 0 Å². The molecule has 0 aliphatic carbocycles. The van der Waals surface area contributed by atoms with Crippen LogP contribution in [-0.2, 0) is 33.4 Å². The van der Waals surface area contributed by atoms with Gasteiger partial charge in [0.15, 0.2) is 0 Å². The lowest BCUT2D eigenvalue weighted by Crippen LogP contribution is -2.16. The van der Waals surface area contributed by atoms with E-state index in [0.29, 0.717) is 13.2 Å². The molecule has 0 fully saturated rings. The lowest BCUT2D eigenvalue weighted by molar-refractivity contribution is 0.147. The zero-order chi connectivity index (χ0) is 24.9. The van der Waals surface area contributed by atoms with E-state index in [1.807, 2.05) is 85.8 Å². The number of hydrogen-bond acceptors (Lipinski definition) is 5. The van der Waals surface area contributed by atoms with Crippen LogP contribution in [0, 0.1) is 6.92 Å². The third-order valence-corrected chi connectivity index (χ3v) is 6.85. The van der Waals surface area contributed by atoms with Crippen LogP contribution in [0.5, 0.6) is 5.75 Å². The number of benzene rings is 3. The van der Waals surface area contributed by atoms with E-state index in [1.54, 1.807) is 19.3 Å². The van der Waals surface area contributed by atoms with Crippen LogP contribution in [0.25, 0.3) is 0 Å². The van der Waals surface area contributed by atoms with Gasteiger partial charge in [-0.3, -0.25) is 0 Å². The Hall–Kier alpha value is -3.26. The molecule has 7 heteroatoms. The van der Waals surface area contributed by atoms with Gasteiger partial charge < -0.3 is 19.3 Å². The van der Waals surface area contributed by atoms with Gasteiger partial charge in [-0.2, -0.15) is 0 Å². The Morgan fingerprint density at radius 3 is 2.34 bits per heavy atom. The maximum absolute atomic E-state index is 12.4. The molecule has 0 aromatic heterocycles. The third kappa shape index (κ3) is 9.48. The molecule has 0 saturated heterocycles. The number of aryl methyl sites for hydroxylation is 1. The van der Waals surface area contributed by atoms with Crippen molar-refractivity contribution in [2.45, 2.75) is 31.1 Å². The van der Waals surface area contributed by atoms with E-state index in [9.17, 15) is 9.90 Å². The monoisotopic (exact) mass is 493 g/mol. The van der Waals surface area contributed by atoms with Crippen LogP contribution in [0.1, 0.15) is 16.7 Å². The molecule has 1 amide bonds. The van der Waals surface area contributed by atoms with Crippen molar-refractivity contribution in [3.63, 3.8) is 0 Å². The van der Waals surface area contributed by atoms with Gasteiger partial charge in [0.25, 0.3) is 0 Å². The topological polar surface area (TPSA) is 77.4 Å². The number of methoxy groups -OCH3 is 1. The van der Waals surface area contributed by atoms with E-state index in [1.165, 1.54) is 0 Å². The number of carbonyl (C=O) groups is 1. The zero-order valence-electron chi connectivity index (χ0n) is 20.0. The quantitative estimate of drug-likeness (QED) is 0.276. The second-order valence-electron chi connectivity index (χ2n) is 7.83. The maximum Gasteiger partial charge on any atom is 0.440 e. The van der Waals surface area contributed by atoms with Gasteiger partial charge in [-0.25, -0.2) is 4.79 Å². The molecule has 0 radical (unpaired) electrons. The molecule has 0 saturated carbocycles. The molecule has 0 heterocycles. The minimum atomic E-state index is -0.858. The Morgan fingerprint density at radius 1 is 0.971 bits per heavy atom. The van der Waals surface area contributed by atoms with Crippen LogP contribution in [0.4, 0.5) is 4.79 Å². The van der Waals surface area contributed by atoms with E-state index in [4.69, 9.17) is 14.2 Å². The summed E-state index contributed by atoms with van der Waals surface area (Å²) in [5, 5.41) is 10.6. The maximum atomic E-state index is 12.4. The number of aliphatic hydroxyl groups is 1. The van der Waals surface area contributed by atoms with Crippen LogP contribution < -0.4 is 4.74 Å². The van der Waals surface area contributed by atoms with E-state index < -0.39 is 22.9 Å². The Kier molecular flexibility index (Phi) is 10.7. The molecule has 3 aromatic carbocycles. The van der Waals surface area contributed by atoms with Crippen LogP contribution >= 0.6 is 0 Å². The van der Waals surface area contributed by atoms with Crippen molar-refractivity contribution in [3.8, 4) is 5.75 Å². The van der Waals surface area contributed by atoms with Gasteiger partial charge in [-0.1, -0.05) is 83.0 Å². The Balaban J connectivity index is 1.55. The van der Waals surface area contributed by atoms with Crippen molar-refractivity contribution >= 4 is 16.8 Å². The van der Waals surface area contributed by atoms with Crippen molar-refractivity contribution in [2.24, 2.45) is 4.36 Å². The standard InChI is InChI=1S/C28H31NO5S/c1-22-10-16-27(17-11-22)35(29-28(31)34-20-23-7-4-3-5-8-23)21-25(30)9-6-18-33-19-24-12-14-26(32-2)15-13-24/h3-17,25,30H,18-21H2,1-2H3/b9-6-/t25-,35-/m0/s1. The molecule has 0 spiro atoms. The number of amides is 1. The summed E-state index contributed by atoms with van der Waals surface area (Å²) in [6.07, 6.45) is 2.03. The van der Waals surface area contributed by atoms with Crippen molar-refractivity contribution in [1.29, 1.82) is 0 Å². The van der Waals surface area contributed by atoms with E-state index in [2.05, 4.69) is 4.36 Å². The van der Waals surface area contributed by atoms with Crippen LogP contribution in [0.15, 0.2) is 100 Å². The molecular formula is C28H31NO5S. The van der Waals surface area contributed by atoms with Gasteiger partial charge in [0.2, 0.25) is 0 Å². The molecule has 184 valence electrons. The highest BCUT2D eigenvalue weighted by Crippen LogP contribution is 2.14. The second-order valence-corrected chi connectivity index (χ2v) is 9.55. The predicted octanol–water partition coefficient (Wildman–Crippen LogP) is 5.64. The SMILES string of the molecule is COc1ccc(COC/C=C\[C@H](O)C/[S@](=N\C(=O)OCc2ccccc2)c2ccc(C)cc2)cc1. The van der Waals surface area contributed by atoms with E-state index >= 15 is 0 Å². The Labute approximate surface area is 209 Å². The fourth-order valence-corrected chi connectivity index (χ4v) is 4.60. The summed E-state index contributed by atoms with van der Waals surface area (Å²) in [6, 6.07) is 24.9. The van der Waals surface area contributed by atoms with Gasteiger partial charge in [0, 0.05) is 10.6 Å². The molecule has 1 N–H and O–H groups in total. The largest absolute Gasteiger partial charge is 0.497 e. The van der Waals surface area contributed by atoms with Crippen molar-refractivity contribution < 1.29 is 24.1 Å².